The Morgan fingerprint density at radius 3 is 1.31 bits per heavy atom. The van der Waals surface area contributed by atoms with Crippen LogP contribution in [0.4, 0.5) is 0 Å². The van der Waals surface area contributed by atoms with E-state index in [0.717, 1.165) is 6.42 Å². The first kappa shape index (κ1) is 42.7. The number of allylic oxidation sites excluding steroid dienone is 4. The fourth-order valence-corrected chi connectivity index (χ4v) is 7.26. The monoisotopic (exact) mass is 820 g/mol. The molecular weight excluding hydrogens is 775 g/mol. The number of hydrogen-bond donors (Lipinski definition) is 0. The van der Waals surface area contributed by atoms with Crippen LogP contribution >= 0.6 is 0 Å². The van der Waals surface area contributed by atoms with E-state index in [1.54, 1.807) is 0 Å². The average Bonchev–Trinajstić information content (AvgIpc) is 3.81. The van der Waals surface area contributed by atoms with E-state index in [1.807, 2.05) is 12.1 Å². The standard InChI is InChI=1S/C21H25.C17H13.C13H10.2ClH.Zr/c1-20(2,3)16-7-9-18-14(12-16)11-15-13-17(21(4,5)6)8-10-19(15)18;1-3-7-14(8-4-1)16-11-12-17(13-16)15-9-5-2-6-10-15;1-3-7-12(8-4-1)11-13-9-5-2-6-10-13;;;/h7-13H,1-6H3;1-10,13H,11H2;1-10H;2*1H;/q2*-1;;;;+2/p-2. The van der Waals surface area contributed by atoms with E-state index in [-0.39, 0.29) is 35.6 Å². The Bertz CT molecular complexity index is 2210. The summed E-state index contributed by atoms with van der Waals surface area (Å²) in [6.45, 7) is 13.6. The quantitative estimate of drug-likeness (QED) is 0.162. The normalized spacial score (nSPS) is 12.2. The molecule has 0 fully saturated rings. The number of rotatable bonds is 4. The van der Waals surface area contributed by atoms with Crippen LogP contribution in [0.1, 0.15) is 81.3 Å². The third-order valence-electron chi connectivity index (χ3n) is 9.58. The molecule has 0 radical (unpaired) electrons. The Balaban J connectivity index is 0.000000181. The molecule has 8 rings (SSSR count). The van der Waals surface area contributed by atoms with Crippen LogP contribution in [0.15, 0.2) is 170 Å². The van der Waals surface area contributed by atoms with Crippen molar-refractivity contribution in [2.45, 2.75) is 58.8 Å². The molecule has 0 aromatic heterocycles. The minimum atomic E-state index is 0. The van der Waals surface area contributed by atoms with Crippen LogP contribution in [0.2, 0.25) is 0 Å². The van der Waals surface area contributed by atoms with E-state index in [2.05, 4.69) is 205 Å². The van der Waals surface area contributed by atoms with Crippen molar-refractivity contribution in [1.82, 2.24) is 0 Å². The third kappa shape index (κ3) is 10.8. The second-order valence-electron chi connectivity index (χ2n) is 15.5. The summed E-state index contributed by atoms with van der Waals surface area (Å²) in [5, 5.41) is 5.48. The first-order valence-corrected chi connectivity index (χ1v) is 19.5. The minimum absolute atomic E-state index is 0. The van der Waals surface area contributed by atoms with Crippen LogP contribution in [-0.4, -0.2) is 3.21 Å². The fraction of sp³-hybridized carbons (Fsp3) is 0.176. The third-order valence-corrected chi connectivity index (χ3v) is 11.0. The number of fused-ring (bicyclic) bond motifs is 3. The van der Waals surface area contributed by atoms with Gasteiger partial charge in [-0.2, -0.15) is 17.7 Å². The van der Waals surface area contributed by atoms with Crippen LogP contribution < -0.4 is 24.8 Å². The Labute approximate surface area is 350 Å². The van der Waals surface area contributed by atoms with Crippen LogP contribution in [0.3, 0.4) is 0 Å². The molecule has 0 aliphatic heterocycles. The zero-order chi connectivity index (χ0) is 36.7. The zero-order valence-corrected chi connectivity index (χ0v) is 36.1. The predicted molar refractivity (Wildman–Crippen MR) is 223 cm³/mol. The van der Waals surface area contributed by atoms with Gasteiger partial charge < -0.3 is 24.8 Å². The summed E-state index contributed by atoms with van der Waals surface area (Å²) in [6.07, 6.45) is 6.60. The molecule has 0 spiro atoms. The van der Waals surface area contributed by atoms with Crippen molar-refractivity contribution < 1.29 is 49.0 Å². The Morgan fingerprint density at radius 1 is 0.519 bits per heavy atom. The Morgan fingerprint density at radius 2 is 0.907 bits per heavy atom. The molecule has 1 aliphatic carbocycles. The van der Waals surface area contributed by atoms with E-state index in [0.29, 0.717) is 0 Å². The Hall–Kier alpha value is -4.00. The van der Waals surface area contributed by atoms with Gasteiger partial charge in [-0.25, -0.2) is 0 Å². The van der Waals surface area contributed by atoms with Crippen molar-refractivity contribution in [3.63, 3.8) is 0 Å². The number of benzene rings is 6. The molecule has 3 heteroatoms. The van der Waals surface area contributed by atoms with Gasteiger partial charge in [-0.1, -0.05) is 132 Å². The van der Waals surface area contributed by atoms with Crippen molar-refractivity contribution in [3.05, 3.63) is 209 Å². The second kappa shape index (κ2) is 19.0. The van der Waals surface area contributed by atoms with Crippen molar-refractivity contribution in [2.24, 2.45) is 0 Å². The first-order valence-electron chi connectivity index (χ1n) is 18.2. The molecule has 0 nitrogen and oxygen atoms in total. The summed E-state index contributed by atoms with van der Waals surface area (Å²) in [6, 6.07) is 58.2. The average molecular weight is 823 g/mol. The molecule has 0 saturated heterocycles. The molecule has 0 unspecified atom stereocenters. The predicted octanol–water partition coefficient (Wildman–Crippen LogP) is 7.48. The summed E-state index contributed by atoms with van der Waals surface area (Å²) in [5.41, 5.74) is 11.0. The van der Waals surface area contributed by atoms with Crippen LogP contribution in [0, 0.1) is 6.08 Å². The maximum atomic E-state index is 3.45. The molecule has 1 aliphatic rings. The second-order valence-corrected chi connectivity index (χ2v) is 16.8. The van der Waals surface area contributed by atoms with Crippen molar-refractivity contribution in [2.75, 3.05) is 0 Å². The molecule has 54 heavy (non-hydrogen) atoms. The molecule has 0 atom stereocenters. The Kier molecular flexibility index (Phi) is 15.1. The summed E-state index contributed by atoms with van der Waals surface area (Å²) in [5.74, 6) is 0. The topological polar surface area (TPSA) is 0 Å². The molecule has 0 bridgehead atoms. The van der Waals surface area contributed by atoms with E-state index in [4.69, 9.17) is 0 Å². The number of hydrogen-bond acceptors (Lipinski definition) is 0. The molecule has 0 amide bonds. The van der Waals surface area contributed by atoms with Gasteiger partial charge in [0.05, 0.1) is 0 Å². The summed E-state index contributed by atoms with van der Waals surface area (Å²) >= 11 is 1.46. The summed E-state index contributed by atoms with van der Waals surface area (Å²) in [4.78, 5) is 0. The van der Waals surface area contributed by atoms with Gasteiger partial charge in [-0.05, 0) is 16.4 Å². The zero-order valence-electron chi connectivity index (χ0n) is 32.1. The molecule has 7 aromatic carbocycles. The van der Waals surface area contributed by atoms with Gasteiger partial charge in [-0.3, -0.25) is 0 Å². The van der Waals surface area contributed by atoms with E-state index in [1.165, 1.54) is 93.5 Å². The fourth-order valence-electron chi connectivity index (χ4n) is 6.44. The summed E-state index contributed by atoms with van der Waals surface area (Å²) < 4.78 is 1.42. The van der Waals surface area contributed by atoms with E-state index < -0.39 is 0 Å². The maximum absolute atomic E-state index is 3.45. The van der Waals surface area contributed by atoms with Crippen molar-refractivity contribution in [1.29, 1.82) is 0 Å². The molecule has 0 heterocycles. The summed E-state index contributed by atoms with van der Waals surface area (Å²) in [7, 11) is 0. The molecule has 272 valence electrons. The SMILES string of the molecule is CC(C)(C)c1ccc2c(c1)[cH-]c1cc(C(C)(C)C)ccc12.[C-]1=C(c2ccccc2)C=C(c2ccccc2)C1.[Cl-].[Cl-].[Zr+2]=[C](c1ccccc1)c1ccccc1. The molecule has 0 saturated carbocycles. The van der Waals surface area contributed by atoms with E-state index in [9.17, 15) is 0 Å². The van der Waals surface area contributed by atoms with Crippen LogP contribution in [0.5, 0.6) is 0 Å². The van der Waals surface area contributed by atoms with E-state index >= 15 is 0 Å². The van der Waals surface area contributed by atoms with Gasteiger partial charge in [0.1, 0.15) is 0 Å². The molecule has 0 N–H and O–H groups in total. The van der Waals surface area contributed by atoms with Gasteiger partial charge in [0.25, 0.3) is 0 Å². The molecular formula is C51H48Cl2Zr-2. The number of halogens is 2. The molecule has 7 aromatic rings. The van der Waals surface area contributed by atoms with Crippen molar-refractivity contribution >= 4 is 35.9 Å². The van der Waals surface area contributed by atoms with Gasteiger partial charge in [0, 0.05) is 0 Å². The van der Waals surface area contributed by atoms with Crippen molar-refractivity contribution in [3.8, 4) is 0 Å². The van der Waals surface area contributed by atoms with Crippen LogP contribution in [0.25, 0.3) is 32.7 Å². The first-order chi connectivity index (χ1) is 25.0. The van der Waals surface area contributed by atoms with Gasteiger partial charge in [0.2, 0.25) is 0 Å². The van der Waals surface area contributed by atoms with Gasteiger partial charge in [-0.15, -0.1) is 63.0 Å². The van der Waals surface area contributed by atoms with Crippen LogP contribution in [-0.2, 0) is 35.1 Å². The van der Waals surface area contributed by atoms with Gasteiger partial charge >= 0.3 is 99.2 Å². The van der Waals surface area contributed by atoms with Gasteiger partial charge in [0.15, 0.2) is 0 Å².